The second kappa shape index (κ2) is 4.73. The zero-order chi connectivity index (χ0) is 13.2. The van der Waals surface area contributed by atoms with Crippen LogP contribution < -0.4 is 5.32 Å². The first-order valence-corrected chi connectivity index (χ1v) is 5.07. The Morgan fingerprint density at radius 3 is 2.35 bits per heavy atom. The molecule has 1 heterocycles. The van der Waals surface area contributed by atoms with Gasteiger partial charge in [-0.05, 0) is 17.5 Å². The van der Waals surface area contributed by atoms with E-state index in [2.05, 4.69) is 10.3 Å². The Morgan fingerprint density at radius 1 is 1.35 bits per heavy atom. The number of hydrogen-bond acceptors (Lipinski definition) is 2. The standard InChI is InChI=1S/C11H13F3N2O/c1-6(2)7-4-5-8(10(17)15-3)16-9(7)11(12,13)14/h4-6H,1-3H3,(H,15,17). The molecule has 0 aliphatic heterocycles. The van der Waals surface area contributed by atoms with Crippen LogP contribution in [0, 0.1) is 0 Å². The number of pyridine rings is 1. The van der Waals surface area contributed by atoms with Gasteiger partial charge in [-0.3, -0.25) is 4.79 Å². The molecule has 0 aliphatic carbocycles. The number of nitrogens with zero attached hydrogens (tertiary/aromatic N) is 1. The average molecular weight is 246 g/mol. The summed E-state index contributed by atoms with van der Waals surface area (Å²) in [6.45, 7) is 3.29. The second-order valence-corrected chi connectivity index (χ2v) is 3.87. The van der Waals surface area contributed by atoms with E-state index in [4.69, 9.17) is 0 Å². The second-order valence-electron chi connectivity index (χ2n) is 3.87. The molecule has 1 amide bonds. The normalized spacial score (nSPS) is 11.7. The lowest BCUT2D eigenvalue weighted by Gasteiger charge is -2.15. The van der Waals surface area contributed by atoms with Crippen molar-refractivity contribution in [3.8, 4) is 0 Å². The summed E-state index contributed by atoms with van der Waals surface area (Å²) < 4.78 is 38.3. The molecule has 94 valence electrons. The molecule has 0 aliphatic rings. The molecule has 0 saturated carbocycles. The molecule has 0 unspecified atom stereocenters. The molecule has 1 aromatic rings. The van der Waals surface area contributed by atoms with Crippen molar-refractivity contribution in [2.45, 2.75) is 25.9 Å². The molecule has 0 spiro atoms. The molecule has 0 atom stereocenters. The lowest BCUT2D eigenvalue weighted by atomic mass is 10.0. The summed E-state index contributed by atoms with van der Waals surface area (Å²) in [5, 5.41) is 2.24. The highest BCUT2D eigenvalue weighted by Gasteiger charge is 2.36. The smallest absolute Gasteiger partial charge is 0.354 e. The van der Waals surface area contributed by atoms with E-state index in [1.54, 1.807) is 13.8 Å². The average Bonchev–Trinajstić information content (AvgIpc) is 2.25. The molecule has 0 radical (unpaired) electrons. The van der Waals surface area contributed by atoms with E-state index in [0.717, 1.165) is 0 Å². The van der Waals surface area contributed by atoms with Crippen molar-refractivity contribution in [2.75, 3.05) is 7.05 Å². The van der Waals surface area contributed by atoms with Gasteiger partial charge in [0.05, 0.1) is 0 Å². The van der Waals surface area contributed by atoms with Gasteiger partial charge in [0, 0.05) is 7.05 Å². The van der Waals surface area contributed by atoms with Crippen molar-refractivity contribution < 1.29 is 18.0 Å². The molecule has 3 nitrogen and oxygen atoms in total. The highest BCUT2D eigenvalue weighted by Crippen LogP contribution is 2.33. The molecule has 0 saturated heterocycles. The summed E-state index contributed by atoms with van der Waals surface area (Å²) in [5.74, 6) is -0.941. The molecular formula is C11H13F3N2O. The fraction of sp³-hybridized carbons (Fsp3) is 0.455. The number of halogens is 3. The Labute approximate surface area is 97.0 Å². The number of alkyl halides is 3. The van der Waals surface area contributed by atoms with Gasteiger partial charge in [-0.25, -0.2) is 4.98 Å². The van der Waals surface area contributed by atoms with Crippen LogP contribution in [-0.2, 0) is 6.18 Å². The van der Waals surface area contributed by atoms with E-state index >= 15 is 0 Å². The van der Waals surface area contributed by atoms with Crippen LogP contribution in [0.4, 0.5) is 13.2 Å². The van der Waals surface area contributed by atoms with Gasteiger partial charge in [0.15, 0.2) is 0 Å². The minimum Gasteiger partial charge on any atom is -0.354 e. The first-order chi connectivity index (χ1) is 7.77. The van der Waals surface area contributed by atoms with E-state index < -0.39 is 17.8 Å². The minimum absolute atomic E-state index is 0.0881. The summed E-state index contributed by atoms with van der Waals surface area (Å²) in [4.78, 5) is 14.6. The first kappa shape index (κ1) is 13.5. The molecule has 0 aromatic carbocycles. The summed E-state index contributed by atoms with van der Waals surface area (Å²) in [6, 6.07) is 2.59. The van der Waals surface area contributed by atoms with Gasteiger partial charge in [0.1, 0.15) is 11.4 Å². The van der Waals surface area contributed by atoms with Crippen LogP contribution in [0.5, 0.6) is 0 Å². The SMILES string of the molecule is CNC(=O)c1ccc(C(C)C)c(C(F)(F)F)n1. The van der Waals surface area contributed by atoms with Crippen molar-refractivity contribution in [3.05, 3.63) is 29.1 Å². The van der Waals surface area contributed by atoms with Gasteiger partial charge in [-0.15, -0.1) is 0 Å². The fourth-order valence-corrected chi connectivity index (χ4v) is 1.42. The molecule has 6 heteroatoms. The third-order valence-corrected chi connectivity index (χ3v) is 2.28. The quantitative estimate of drug-likeness (QED) is 0.871. The van der Waals surface area contributed by atoms with E-state index in [1.807, 2.05) is 0 Å². The summed E-state index contributed by atoms with van der Waals surface area (Å²) in [5.41, 5.74) is -1.14. The third-order valence-electron chi connectivity index (χ3n) is 2.28. The van der Waals surface area contributed by atoms with Crippen molar-refractivity contribution in [2.24, 2.45) is 0 Å². The van der Waals surface area contributed by atoms with Crippen LogP contribution in [0.15, 0.2) is 12.1 Å². The fourth-order valence-electron chi connectivity index (χ4n) is 1.42. The number of hydrogen-bond donors (Lipinski definition) is 1. The van der Waals surface area contributed by atoms with Crippen LogP contribution >= 0.6 is 0 Å². The predicted octanol–water partition coefficient (Wildman–Crippen LogP) is 2.58. The van der Waals surface area contributed by atoms with Crippen LogP contribution in [-0.4, -0.2) is 17.9 Å². The van der Waals surface area contributed by atoms with Crippen LogP contribution in [0.1, 0.15) is 41.5 Å². The first-order valence-electron chi connectivity index (χ1n) is 5.07. The molecule has 17 heavy (non-hydrogen) atoms. The Hall–Kier alpha value is -1.59. The van der Waals surface area contributed by atoms with Gasteiger partial charge >= 0.3 is 6.18 Å². The van der Waals surface area contributed by atoms with Gasteiger partial charge in [0.2, 0.25) is 0 Å². The van der Waals surface area contributed by atoms with Gasteiger partial charge < -0.3 is 5.32 Å². The maximum Gasteiger partial charge on any atom is 0.433 e. The van der Waals surface area contributed by atoms with Crippen LogP contribution in [0.25, 0.3) is 0 Å². The van der Waals surface area contributed by atoms with Crippen molar-refractivity contribution in [1.82, 2.24) is 10.3 Å². The number of carbonyl (C=O) groups is 1. The zero-order valence-corrected chi connectivity index (χ0v) is 9.72. The molecule has 1 N–H and O–H groups in total. The Balaban J connectivity index is 3.35. The van der Waals surface area contributed by atoms with Crippen molar-refractivity contribution in [1.29, 1.82) is 0 Å². The molecule has 1 aromatic heterocycles. The van der Waals surface area contributed by atoms with E-state index in [9.17, 15) is 18.0 Å². The number of carbonyl (C=O) groups excluding carboxylic acids is 1. The largest absolute Gasteiger partial charge is 0.433 e. The van der Waals surface area contributed by atoms with Crippen molar-refractivity contribution in [3.63, 3.8) is 0 Å². The molecule has 1 rings (SSSR count). The summed E-state index contributed by atoms with van der Waals surface area (Å²) in [6.07, 6.45) is -4.55. The van der Waals surface area contributed by atoms with Gasteiger partial charge in [0.25, 0.3) is 5.91 Å². The highest BCUT2D eigenvalue weighted by atomic mass is 19.4. The number of amides is 1. The number of nitrogens with one attached hydrogen (secondary N) is 1. The van der Waals surface area contributed by atoms with Crippen molar-refractivity contribution >= 4 is 5.91 Å². The summed E-state index contributed by atoms with van der Waals surface area (Å²) in [7, 11) is 1.34. The van der Waals surface area contributed by atoms with E-state index in [-0.39, 0.29) is 17.2 Å². The summed E-state index contributed by atoms with van der Waals surface area (Å²) >= 11 is 0. The number of rotatable bonds is 2. The highest BCUT2D eigenvalue weighted by molar-refractivity contribution is 5.92. The number of aromatic nitrogens is 1. The topological polar surface area (TPSA) is 42.0 Å². The van der Waals surface area contributed by atoms with Gasteiger partial charge in [-0.2, -0.15) is 13.2 Å². The minimum atomic E-state index is -4.55. The molecule has 0 bridgehead atoms. The third kappa shape index (κ3) is 2.95. The van der Waals surface area contributed by atoms with E-state index in [1.165, 1.54) is 19.2 Å². The maximum absolute atomic E-state index is 12.8. The Kier molecular flexibility index (Phi) is 3.75. The lowest BCUT2D eigenvalue weighted by Crippen LogP contribution is -2.22. The predicted molar refractivity (Wildman–Crippen MR) is 56.7 cm³/mol. The molecule has 0 fully saturated rings. The van der Waals surface area contributed by atoms with E-state index in [0.29, 0.717) is 0 Å². The maximum atomic E-state index is 12.8. The Bertz CT molecular complexity index is 427. The molecular weight excluding hydrogens is 233 g/mol. The van der Waals surface area contributed by atoms with Crippen LogP contribution in [0.2, 0.25) is 0 Å². The van der Waals surface area contributed by atoms with Crippen LogP contribution in [0.3, 0.4) is 0 Å². The zero-order valence-electron chi connectivity index (χ0n) is 9.72. The lowest BCUT2D eigenvalue weighted by molar-refractivity contribution is -0.142. The van der Waals surface area contributed by atoms with Gasteiger partial charge in [-0.1, -0.05) is 19.9 Å². The Morgan fingerprint density at radius 2 is 1.94 bits per heavy atom. The monoisotopic (exact) mass is 246 g/mol.